The van der Waals surface area contributed by atoms with Gasteiger partial charge >= 0.3 is 0 Å². The maximum absolute atomic E-state index is 11.7. The van der Waals surface area contributed by atoms with E-state index in [9.17, 15) is 4.79 Å². The highest BCUT2D eigenvalue weighted by atomic mass is 16.1. The fourth-order valence-corrected chi connectivity index (χ4v) is 3.22. The summed E-state index contributed by atoms with van der Waals surface area (Å²) in [6.07, 6.45) is 0.558. The van der Waals surface area contributed by atoms with Gasteiger partial charge in [0, 0.05) is 12.0 Å². The summed E-state index contributed by atoms with van der Waals surface area (Å²) in [6.45, 7) is 1.70. The van der Waals surface area contributed by atoms with E-state index in [0.717, 1.165) is 33.7 Å². The van der Waals surface area contributed by atoms with Crippen molar-refractivity contribution in [1.29, 1.82) is 0 Å². The molecule has 28 heavy (non-hydrogen) atoms. The summed E-state index contributed by atoms with van der Waals surface area (Å²) in [4.78, 5) is 18.9. The summed E-state index contributed by atoms with van der Waals surface area (Å²) in [7, 11) is 0. The van der Waals surface area contributed by atoms with Crippen LogP contribution in [-0.2, 0) is 6.42 Å². The molecular weight excluding hydrogens is 352 g/mol. The molecule has 0 bridgehead atoms. The quantitative estimate of drug-likeness (QED) is 0.529. The van der Waals surface area contributed by atoms with Crippen LogP contribution in [0.2, 0.25) is 0 Å². The number of nitrogens with one attached hydrogen (secondary N) is 1. The molecule has 1 N–H and O–H groups in total. The molecule has 0 aliphatic carbocycles. The highest BCUT2D eigenvalue weighted by Gasteiger charge is 2.10. The minimum Gasteiger partial charge on any atom is -0.319 e. The predicted molar refractivity (Wildman–Crippen MR) is 106 cm³/mol. The van der Waals surface area contributed by atoms with Crippen molar-refractivity contribution in [1.82, 2.24) is 29.8 Å². The standard InChI is InChI=1S/C21H16N6O/c1-13-21(28)23-17-8-7-14(11-18(17)22-13)12-20-25-24-19-10-9-16(26-27(19)20)15-5-3-2-4-6-15/h2-11H,12H2,1H3,(H,23,28). The monoisotopic (exact) mass is 368 g/mol. The Hall–Kier alpha value is -3.87. The number of rotatable bonds is 3. The summed E-state index contributed by atoms with van der Waals surface area (Å²) in [5.74, 6) is 0.744. The molecule has 0 spiro atoms. The first-order valence-corrected chi connectivity index (χ1v) is 8.94. The van der Waals surface area contributed by atoms with Gasteiger partial charge in [0.05, 0.1) is 16.7 Å². The molecule has 7 heteroatoms. The molecular formula is C21H16N6O. The number of aromatic amines is 1. The van der Waals surface area contributed by atoms with E-state index in [-0.39, 0.29) is 5.56 Å². The van der Waals surface area contributed by atoms with Crippen molar-refractivity contribution in [2.24, 2.45) is 0 Å². The molecule has 5 rings (SSSR count). The first-order valence-electron chi connectivity index (χ1n) is 8.94. The molecule has 0 saturated carbocycles. The van der Waals surface area contributed by atoms with Crippen molar-refractivity contribution in [3.05, 3.63) is 88.1 Å². The molecule has 0 aliphatic heterocycles. The van der Waals surface area contributed by atoms with E-state index in [1.165, 1.54) is 0 Å². The van der Waals surface area contributed by atoms with Crippen LogP contribution >= 0.6 is 0 Å². The zero-order valence-electron chi connectivity index (χ0n) is 15.1. The van der Waals surface area contributed by atoms with E-state index >= 15 is 0 Å². The average molecular weight is 368 g/mol. The summed E-state index contributed by atoms with van der Waals surface area (Å²) in [6, 6.07) is 19.7. The number of hydrogen-bond acceptors (Lipinski definition) is 5. The van der Waals surface area contributed by atoms with Gasteiger partial charge in [0.25, 0.3) is 5.56 Å². The van der Waals surface area contributed by atoms with E-state index in [4.69, 9.17) is 5.10 Å². The fraction of sp³-hybridized carbons (Fsp3) is 0.0952. The lowest BCUT2D eigenvalue weighted by atomic mass is 10.1. The van der Waals surface area contributed by atoms with Crippen LogP contribution < -0.4 is 5.56 Å². The number of benzene rings is 2. The van der Waals surface area contributed by atoms with Gasteiger partial charge in [-0.3, -0.25) is 4.79 Å². The van der Waals surface area contributed by atoms with Crippen LogP contribution in [-0.4, -0.2) is 29.8 Å². The van der Waals surface area contributed by atoms with E-state index in [2.05, 4.69) is 20.2 Å². The van der Waals surface area contributed by atoms with Crippen molar-refractivity contribution in [2.45, 2.75) is 13.3 Å². The first kappa shape index (κ1) is 16.3. The van der Waals surface area contributed by atoms with Gasteiger partial charge in [0.1, 0.15) is 5.69 Å². The minimum absolute atomic E-state index is 0.165. The van der Waals surface area contributed by atoms with Gasteiger partial charge in [-0.05, 0) is 36.8 Å². The molecule has 0 atom stereocenters. The molecule has 0 amide bonds. The van der Waals surface area contributed by atoms with Crippen LogP contribution in [0.3, 0.4) is 0 Å². The molecule has 2 aromatic carbocycles. The van der Waals surface area contributed by atoms with Crippen LogP contribution in [0.15, 0.2) is 65.5 Å². The Morgan fingerprint density at radius 3 is 2.71 bits per heavy atom. The second kappa shape index (κ2) is 6.38. The third kappa shape index (κ3) is 2.83. The van der Waals surface area contributed by atoms with Gasteiger partial charge in [-0.15, -0.1) is 10.2 Å². The number of aryl methyl sites for hydroxylation is 1. The van der Waals surface area contributed by atoms with Crippen molar-refractivity contribution in [3.8, 4) is 11.3 Å². The zero-order valence-corrected chi connectivity index (χ0v) is 15.1. The van der Waals surface area contributed by atoms with E-state index in [1.807, 2.05) is 60.7 Å². The summed E-state index contributed by atoms with van der Waals surface area (Å²) in [5, 5.41) is 13.3. The molecule has 0 unspecified atom stereocenters. The minimum atomic E-state index is -0.165. The topological polar surface area (TPSA) is 88.8 Å². The van der Waals surface area contributed by atoms with Crippen LogP contribution in [0, 0.1) is 6.92 Å². The van der Waals surface area contributed by atoms with E-state index in [0.29, 0.717) is 17.8 Å². The zero-order chi connectivity index (χ0) is 19.1. The number of fused-ring (bicyclic) bond motifs is 2. The third-order valence-corrected chi connectivity index (χ3v) is 4.69. The van der Waals surface area contributed by atoms with Crippen molar-refractivity contribution in [2.75, 3.05) is 0 Å². The highest BCUT2D eigenvalue weighted by molar-refractivity contribution is 5.74. The lowest BCUT2D eigenvalue weighted by Gasteiger charge is -2.05. The Bertz CT molecular complexity index is 1370. The first-order chi connectivity index (χ1) is 13.7. The number of hydrogen-bond donors (Lipinski definition) is 1. The predicted octanol–water partition coefficient (Wildman–Crippen LogP) is 2.93. The van der Waals surface area contributed by atoms with Gasteiger partial charge in [-0.2, -0.15) is 9.61 Å². The SMILES string of the molecule is Cc1nc2cc(Cc3nnc4ccc(-c5ccccc5)nn34)ccc2[nH]c1=O. The largest absolute Gasteiger partial charge is 0.319 e. The second-order valence-electron chi connectivity index (χ2n) is 6.65. The van der Waals surface area contributed by atoms with Crippen LogP contribution in [0.5, 0.6) is 0 Å². The molecule has 3 heterocycles. The normalized spacial score (nSPS) is 11.3. The van der Waals surface area contributed by atoms with Crippen LogP contribution in [0.1, 0.15) is 17.1 Å². The van der Waals surface area contributed by atoms with E-state index in [1.54, 1.807) is 11.4 Å². The van der Waals surface area contributed by atoms with Gasteiger partial charge in [0.2, 0.25) is 0 Å². The van der Waals surface area contributed by atoms with Gasteiger partial charge < -0.3 is 4.98 Å². The molecule has 0 radical (unpaired) electrons. The summed E-state index contributed by atoms with van der Waals surface area (Å²) in [5.41, 5.74) is 5.38. The Morgan fingerprint density at radius 2 is 1.86 bits per heavy atom. The maximum atomic E-state index is 11.7. The smallest absolute Gasteiger partial charge is 0.269 e. The molecule has 0 fully saturated rings. The Labute approximate surface area is 159 Å². The molecule has 0 saturated heterocycles. The lowest BCUT2D eigenvalue weighted by molar-refractivity contribution is 0.842. The average Bonchev–Trinajstić information content (AvgIpc) is 3.12. The van der Waals surface area contributed by atoms with Crippen molar-refractivity contribution < 1.29 is 0 Å². The molecule has 0 aliphatic rings. The summed E-state index contributed by atoms with van der Waals surface area (Å²) < 4.78 is 1.78. The molecule has 3 aromatic heterocycles. The highest BCUT2D eigenvalue weighted by Crippen LogP contribution is 2.18. The number of nitrogens with zero attached hydrogens (tertiary/aromatic N) is 5. The second-order valence-corrected chi connectivity index (χ2v) is 6.65. The molecule has 136 valence electrons. The number of aromatic nitrogens is 6. The Kier molecular flexibility index (Phi) is 3.72. The van der Waals surface area contributed by atoms with Crippen molar-refractivity contribution in [3.63, 3.8) is 0 Å². The lowest BCUT2D eigenvalue weighted by Crippen LogP contribution is -2.11. The molecule has 7 nitrogen and oxygen atoms in total. The Morgan fingerprint density at radius 1 is 1.00 bits per heavy atom. The van der Waals surface area contributed by atoms with Crippen LogP contribution in [0.25, 0.3) is 27.9 Å². The van der Waals surface area contributed by atoms with Crippen molar-refractivity contribution >= 4 is 16.7 Å². The number of H-pyrrole nitrogens is 1. The maximum Gasteiger partial charge on any atom is 0.269 e. The Balaban J connectivity index is 1.55. The fourth-order valence-electron chi connectivity index (χ4n) is 3.22. The van der Waals surface area contributed by atoms with E-state index < -0.39 is 0 Å². The summed E-state index contributed by atoms with van der Waals surface area (Å²) >= 11 is 0. The third-order valence-electron chi connectivity index (χ3n) is 4.69. The van der Waals surface area contributed by atoms with Gasteiger partial charge in [0.15, 0.2) is 11.5 Å². The van der Waals surface area contributed by atoms with Gasteiger partial charge in [-0.1, -0.05) is 36.4 Å². The van der Waals surface area contributed by atoms with Crippen LogP contribution in [0.4, 0.5) is 0 Å². The molecule has 5 aromatic rings. The van der Waals surface area contributed by atoms with Gasteiger partial charge in [-0.25, -0.2) is 4.98 Å².